The Kier molecular flexibility index (Phi) is 3.40. The van der Waals surface area contributed by atoms with Crippen molar-refractivity contribution in [1.82, 2.24) is 0 Å². The minimum absolute atomic E-state index is 0.0260. The quantitative estimate of drug-likeness (QED) is 0.860. The van der Waals surface area contributed by atoms with E-state index in [9.17, 15) is 17.6 Å². The molecule has 20 heavy (non-hydrogen) atoms. The van der Waals surface area contributed by atoms with Gasteiger partial charge in [0.2, 0.25) is 0 Å². The number of hydrogen-bond donors (Lipinski definition) is 0. The normalized spacial score (nSPS) is 31.1. The third kappa shape index (κ3) is 2.28. The molecule has 0 radical (unpaired) electrons. The lowest BCUT2D eigenvalue weighted by Crippen LogP contribution is -2.36. The smallest absolute Gasteiger partial charge is 0.156 e. The van der Waals surface area contributed by atoms with Crippen molar-refractivity contribution >= 4 is 15.6 Å². The summed E-state index contributed by atoms with van der Waals surface area (Å²) in [6.45, 7) is 0. The van der Waals surface area contributed by atoms with Crippen LogP contribution in [0.15, 0.2) is 24.3 Å². The number of hydrogen-bond acceptors (Lipinski definition) is 3. The van der Waals surface area contributed by atoms with Gasteiger partial charge < -0.3 is 0 Å². The van der Waals surface area contributed by atoms with Gasteiger partial charge in [0.05, 0.1) is 10.5 Å². The number of carbonyl (C=O) groups excluding carboxylic acids is 1. The third-order valence-electron chi connectivity index (χ3n) is 4.61. The van der Waals surface area contributed by atoms with E-state index >= 15 is 0 Å². The Labute approximate surface area is 118 Å². The van der Waals surface area contributed by atoms with Crippen molar-refractivity contribution in [2.45, 2.75) is 42.6 Å². The molecule has 0 amide bonds. The molecule has 0 saturated carbocycles. The third-order valence-corrected chi connectivity index (χ3v) is 7.33. The number of sulfone groups is 1. The van der Waals surface area contributed by atoms with Crippen LogP contribution < -0.4 is 0 Å². The summed E-state index contributed by atoms with van der Waals surface area (Å²) in [5.41, 5.74) is 0.401. The van der Waals surface area contributed by atoms with Gasteiger partial charge in [-0.05, 0) is 37.3 Å². The summed E-state index contributed by atoms with van der Waals surface area (Å²) in [6.07, 6.45) is 2.27. The van der Waals surface area contributed by atoms with Crippen molar-refractivity contribution < 1.29 is 17.6 Å². The fourth-order valence-electron chi connectivity index (χ4n) is 3.44. The highest BCUT2D eigenvalue weighted by Gasteiger charge is 2.48. The minimum Gasteiger partial charge on any atom is -0.299 e. The average Bonchev–Trinajstić information content (AvgIpc) is 2.61. The van der Waals surface area contributed by atoms with Gasteiger partial charge in [-0.3, -0.25) is 4.79 Å². The fourth-order valence-corrected chi connectivity index (χ4v) is 5.92. The van der Waals surface area contributed by atoms with E-state index in [2.05, 4.69) is 0 Å². The van der Waals surface area contributed by atoms with Gasteiger partial charge in [-0.15, -0.1) is 0 Å². The molecule has 1 aromatic rings. The van der Waals surface area contributed by atoms with Gasteiger partial charge in [-0.25, -0.2) is 12.8 Å². The van der Waals surface area contributed by atoms with Gasteiger partial charge in [-0.1, -0.05) is 18.2 Å². The zero-order chi connectivity index (χ0) is 14.3. The molecule has 2 aliphatic heterocycles. The zero-order valence-corrected chi connectivity index (χ0v) is 11.9. The number of fused-ring (bicyclic) bond motifs is 2. The highest BCUT2D eigenvalue weighted by atomic mass is 32.2. The number of ketones is 1. The van der Waals surface area contributed by atoms with Crippen LogP contribution in [0.4, 0.5) is 4.39 Å². The molecular formula is C15H17FO3S. The molecule has 3 rings (SSSR count). The summed E-state index contributed by atoms with van der Waals surface area (Å²) in [4.78, 5) is 12.3. The van der Waals surface area contributed by atoms with Gasteiger partial charge in [-0.2, -0.15) is 0 Å². The number of benzene rings is 1. The average molecular weight is 296 g/mol. The zero-order valence-electron chi connectivity index (χ0n) is 11.1. The van der Waals surface area contributed by atoms with E-state index in [1.165, 1.54) is 6.07 Å². The number of Topliss-reactive ketones (excluding diaryl/α,β-unsaturated/α-hetero) is 1. The number of carbonyl (C=O) groups is 1. The van der Waals surface area contributed by atoms with E-state index in [0.717, 1.165) is 0 Å². The Balaban J connectivity index is 1.73. The van der Waals surface area contributed by atoms with Crippen molar-refractivity contribution in [2.24, 2.45) is 5.92 Å². The molecule has 2 atom stereocenters. The van der Waals surface area contributed by atoms with Gasteiger partial charge in [0.25, 0.3) is 0 Å². The molecule has 3 nitrogen and oxygen atoms in total. The van der Waals surface area contributed by atoms with Gasteiger partial charge >= 0.3 is 0 Å². The van der Waals surface area contributed by atoms with Crippen LogP contribution >= 0.6 is 0 Å². The highest BCUT2D eigenvalue weighted by Crippen LogP contribution is 2.41. The van der Waals surface area contributed by atoms with Crippen molar-refractivity contribution in [3.63, 3.8) is 0 Å². The lowest BCUT2D eigenvalue weighted by molar-refractivity contribution is -0.122. The molecule has 0 spiro atoms. The van der Waals surface area contributed by atoms with Crippen molar-refractivity contribution in [2.75, 3.05) is 0 Å². The molecule has 0 aliphatic carbocycles. The van der Waals surface area contributed by atoms with Crippen LogP contribution in [-0.2, 0) is 21.1 Å². The lowest BCUT2D eigenvalue weighted by atomic mass is 9.91. The van der Waals surface area contributed by atoms with Crippen LogP contribution in [0.5, 0.6) is 0 Å². The molecule has 0 N–H and O–H groups in total. The molecule has 1 aromatic carbocycles. The molecule has 2 heterocycles. The maximum absolute atomic E-state index is 13.6. The summed E-state index contributed by atoms with van der Waals surface area (Å²) in [5.74, 6) is -0.621. The Morgan fingerprint density at radius 3 is 2.35 bits per heavy atom. The first-order valence-electron chi connectivity index (χ1n) is 6.97. The number of halogens is 1. The van der Waals surface area contributed by atoms with E-state index < -0.39 is 9.84 Å². The van der Waals surface area contributed by atoms with E-state index in [1.54, 1.807) is 18.2 Å². The Bertz CT molecular complexity index is 618. The minimum atomic E-state index is -3.00. The van der Waals surface area contributed by atoms with Gasteiger partial charge in [0.1, 0.15) is 11.6 Å². The second kappa shape index (κ2) is 4.95. The largest absolute Gasteiger partial charge is 0.299 e. The van der Waals surface area contributed by atoms with Gasteiger partial charge in [0, 0.05) is 12.3 Å². The molecule has 2 unspecified atom stereocenters. The molecule has 2 bridgehead atoms. The predicted molar refractivity (Wildman–Crippen MR) is 73.6 cm³/mol. The standard InChI is InChI=1S/C15H17FO3S/c16-14-4-2-1-3-10(14)9-15(17)11-7-12-5-6-13(8-11)20(12,18)19/h1-4,11-13H,5-9H2. The summed E-state index contributed by atoms with van der Waals surface area (Å²) in [6, 6.07) is 6.26. The Morgan fingerprint density at radius 2 is 1.75 bits per heavy atom. The van der Waals surface area contributed by atoms with Crippen LogP contribution in [0.3, 0.4) is 0 Å². The maximum atomic E-state index is 13.6. The van der Waals surface area contributed by atoms with E-state index in [1.807, 2.05) is 0 Å². The molecule has 0 aromatic heterocycles. The summed E-state index contributed by atoms with van der Waals surface area (Å²) >= 11 is 0. The van der Waals surface area contributed by atoms with Crippen LogP contribution in [-0.4, -0.2) is 24.7 Å². The topological polar surface area (TPSA) is 51.2 Å². The monoisotopic (exact) mass is 296 g/mol. The summed E-state index contributed by atoms with van der Waals surface area (Å²) < 4.78 is 37.5. The lowest BCUT2D eigenvalue weighted by Gasteiger charge is -2.27. The summed E-state index contributed by atoms with van der Waals surface area (Å²) in [5, 5.41) is -0.702. The molecular weight excluding hydrogens is 279 g/mol. The van der Waals surface area contributed by atoms with Crippen LogP contribution in [0.2, 0.25) is 0 Å². The SMILES string of the molecule is O=C(Cc1ccccc1F)C1CC2CCC(C1)S2(=O)=O. The molecule has 5 heteroatoms. The summed E-state index contributed by atoms with van der Waals surface area (Å²) in [7, 11) is -3.00. The van der Waals surface area contributed by atoms with Crippen molar-refractivity contribution in [3.05, 3.63) is 35.6 Å². The van der Waals surface area contributed by atoms with E-state index in [-0.39, 0.29) is 34.4 Å². The maximum Gasteiger partial charge on any atom is 0.156 e. The first-order valence-corrected chi connectivity index (χ1v) is 8.58. The van der Waals surface area contributed by atoms with Gasteiger partial charge in [0.15, 0.2) is 9.84 Å². The number of rotatable bonds is 3. The Morgan fingerprint density at radius 1 is 1.15 bits per heavy atom. The van der Waals surface area contributed by atoms with Crippen LogP contribution in [0.1, 0.15) is 31.2 Å². The van der Waals surface area contributed by atoms with Crippen LogP contribution in [0.25, 0.3) is 0 Å². The molecule has 2 aliphatic rings. The highest BCUT2D eigenvalue weighted by molar-refractivity contribution is 7.93. The van der Waals surface area contributed by atoms with Crippen molar-refractivity contribution in [3.8, 4) is 0 Å². The first-order chi connectivity index (χ1) is 9.48. The van der Waals surface area contributed by atoms with E-state index in [0.29, 0.717) is 31.2 Å². The molecule has 2 saturated heterocycles. The predicted octanol–water partition coefficient (Wildman–Crippen LogP) is 2.29. The van der Waals surface area contributed by atoms with E-state index in [4.69, 9.17) is 0 Å². The van der Waals surface area contributed by atoms with Crippen molar-refractivity contribution in [1.29, 1.82) is 0 Å². The second-order valence-electron chi connectivity index (χ2n) is 5.81. The first kappa shape index (κ1) is 13.7. The Hall–Kier alpha value is -1.23. The second-order valence-corrected chi connectivity index (χ2v) is 8.32. The molecule has 108 valence electrons. The fraction of sp³-hybridized carbons (Fsp3) is 0.533. The van der Waals surface area contributed by atoms with Crippen LogP contribution in [0, 0.1) is 11.7 Å². The molecule has 2 fully saturated rings.